The molecule has 20 heavy (non-hydrogen) atoms. The Kier molecular flexibility index (Phi) is 4.29. The summed E-state index contributed by atoms with van der Waals surface area (Å²) in [7, 11) is 0. The Morgan fingerprint density at radius 2 is 2.10 bits per heavy atom. The molecule has 1 aromatic carbocycles. The Morgan fingerprint density at radius 3 is 2.80 bits per heavy atom. The molecule has 1 aromatic rings. The van der Waals surface area contributed by atoms with Gasteiger partial charge in [-0.1, -0.05) is 40.9 Å². The van der Waals surface area contributed by atoms with Crippen molar-refractivity contribution in [1.29, 1.82) is 0 Å². The number of hydrogen-bond acceptors (Lipinski definition) is 3. The van der Waals surface area contributed by atoms with Crippen LogP contribution in [0.3, 0.4) is 0 Å². The fourth-order valence-electron chi connectivity index (χ4n) is 3.34. The van der Waals surface area contributed by atoms with Gasteiger partial charge < -0.3 is 10.6 Å². The molecule has 1 fully saturated rings. The first kappa shape index (κ1) is 13.9. The second-order valence-corrected chi connectivity index (χ2v) is 6.78. The predicted molar refractivity (Wildman–Crippen MR) is 87.2 cm³/mol. The lowest BCUT2D eigenvalue weighted by Gasteiger charge is -2.31. The molecule has 1 aliphatic heterocycles. The monoisotopic (exact) mass is 335 g/mol. The topological polar surface area (TPSA) is 36.4 Å². The molecule has 1 heterocycles. The summed E-state index contributed by atoms with van der Waals surface area (Å²) in [5.41, 5.74) is 1.72. The van der Waals surface area contributed by atoms with Crippen molar-refractivity contribution in [3.63, 3.8) is 0 Å². The molecule has 1 aliphatic carbocycles. The predicted octanol–water partition coefficient (Wildman–Crippen LogP) is 3.20. The van der Waals surface area contributed by atoms with Gasteiger partial charge in [-0.2, -0.15) is 0 Å². The molecule has 0 spiro atoms. The molecule has 0 unspecified atom stereocenters. The number of halogens is 1. The Morgan fingerprint density at radius 1 is 1.25 bits per heavy atom. The maximum atomic E-state index is 4.52. The van der Waals surface area contributed by atoms with Crippen LogP contribution in [0.5, 0.6) is 0 Å². The number of guanidine groups is 1. The van der Waals surface area contributed by atoms with Crippen molar-refractivity contribution < 1.29 is 0 Å². The molecule has 4 heteroatoms. The van der Waals surface area contributed by atoms with E-state index in [1.165, 1.54) is 35.7 Å². The summed E-state index contributed by atoms with van der Waals surface area (Å²) < 4.78 is 1.18. The maximum absolute atomic E-state index is 4.52. The van der Waals surface area contributed by atoms with Crippen LogP contribution in [0, 0.1) is 0 Å². The summed E-state index contributed by atoms with van der Waals surface area (Å²) >= 11 is 3.60. The van der Waals surface area contributed by atoms with E-state index >= 15 is 0 Å². The van der Waals surface area contributed by atoms with E-state index in [1.807, 2.05) is 0 Å². The number of rotatable bonds is 3. The summed E-state index contributed by atoms with van der Waals surface area (Å²) in [5, 5.41) is 6.90. The highest BCUT2D eigenvalue weighted by atomic mass is 79.9. The van der Waals surface area contributed by atoms with Gasteiger partial charge in [-0.15, -0.1) is 0 Å². The quantitative estimate of drug-likeness (QED) is 0.889. The molecular formula is C16H22BrN3. The first-order chi connectivity index (χ1) is 9.78. The first-order valence-electron chi connectivity index (χ1n) is 7.57. The van der Waals surface area contributed by atoms with Crippen LogP contribution in [0.4, 0.5) is 0 Å². The zero-order valence-corrected chi connectivity index (χ0v) is 13.4. The molecule has 0 radical (unpaired) electrons. The van der Waals surface area contributed by atoms with Gasteiger partial charge in [-0.05, 0) is 37.0 Å². The molecule has 0 amide bonds. The van der Waals surface area contributed by atoms with Gasteiger partial charge in [0.1, 0.15) is 0 Å². The van der Waals surface area contributed by atoms with Crippen LogP contribution in [-0.4, -0.2) is 25.6 Å². The molecule has 0 saturated heterocycles. The Bertz CT molecular complexity index is 492. The molecule has 3 nitrogen and oxygen atoms in total. The number of nitrogens with zero attached hydrogens (tertiary/aromatic N) is 1. The minimum atomic E-state index is 0.269. The molecule has 0 aromatic heterocycles. The van der Waals surface area contributed by atoms with E-state index in [2.05, 4.69) is 55.8 Å². The third-order valence-corrected chi connectivity index (χ3v) is 4.98. The van der Waals surface area contributed by atoms with Crippen molar-refractivity contribution in [2.45, 2.75) is 37.5 Å². The lowest BCUT2D eigenvalue weighted by Crippen LogP contribution is -2.46. The highest BCUT2D eigenvalue weighted by Crippen LogP contribution is 2.41. The Hall–Kier alpha value is -1.03. The number of aliphatic imine (C=N–C) groups is 1. The molecule has 3 rings (SSSR count). The summed E-state index contributed by atoms with van der Waals surface area (Å²) in [5.74, 6) is 0.984. The second kappa shape index (κ2) is 6.17. The average molecular weight is 336 g/mol. The van der Waals surface area contributed by atoms with E-state index in [-0.39, 0.29) is 5.41 Å². The SMILES string of the molecule is Brc1cccc(C2(CNC3=NCCCN3)CCCC2)c1. The van der Waals surface area contributed by atoms with Gasteiger partial charge in [0, 0.05) is 29.5 Å². The smallest absolute Gasteiger partial charge is 0.191 e. The molecule has 0 bridgehead atoms. The van der Waals surface area contributed by atoms with Crippen LogP contribution in [0.1, 0.15) is 37.7 Å². The zero-order chi connectivity index (χ0) is 13.8. The molecule has 2 N–H and O–H groups in total. The zero-order valence-electron chi connectivity index (χ0n) is 11.8. The molecule has 108 valence electrons. The van der Waals surface area contributed by atoms with E-state index in [0.29, 0.717) is 0 Å². The Labute approximate surface area is 129 Å². The van der Waals surface area contributed by atoms with Crippen LogP contribution in [0.2, 0.25) is 0 Å². The van der Waals surface area contributed by atoms with E-state index in [4.69, 9.17) is 0 Å². The highest BCUT2D eigenvalue weighted by Gasteiger charge is 2.35. The average Bonchev–Trinajstić information content (AvgIpc) is 2.96. The fourth-order valence-corrected chi connectivity index (χ4v) is 3.74. The number of nitrogens with one attached hydrogen (secondary N) is 2. The third-order valence-electron chi connectivity index (χ3n) is 4.49. The van der Waals surface area contributed by atoms with Crippen molar-refractivity contribution in [2.24, 2.45) is 4.99 Å². The largest absolute Gasteiger partial charge is 0.356 e. The van der Waals surface area contributed by atoms with Crippen molar-refractivity contribution in [1.82, 2.24) is 10.6 Å². The van der Waals surface area contributed by atoms with Gasteiger partial charge in [0.15, 0.2) is 5.96 Å². The van der Waals surface area contributed by atoms with E-state index in [9.17, 15) is 0 Å². The molecule has 2 aliphatic rings. The summed E-state index contributed by atoms with van der Waals surface area (Å²) in [4.78, 5) is 4.52. The minimum Gasteiger partial charge on any atom is -0.356 e. The fraction of sp³-hybridized carbons (Fsp3) is 0.562. The van der Waals surface area contributed by atoms with Gasteiger partial charge in [0.2, 0.25) is 0 Å². The van der Waals surface area contributed by atoms with Gasteiger partial charge in [0.25, 0.3) is 0 Å². The second-order valence-electron chi connectivity index (χ2n) is 5.86. The van der Waals surface area contributed by atoms with Gasteiger partial charge in [0.05, 0.1) is 0 Å². The Balaban J connectivity index is 1.76. The van der Waals surface area contributed by atoms with Crippen molar-refractivity contribution >= 4 is 21.9 Å². The maximum Gasteiger partial charge on any atom is 0.191 e. The van der Waals surface area contributed by atoms with E-state index in [0.717, 1.165) is 32.0 Å². The van der Waals surface area contributed by atoms with Gasteiger partial charge >= 0.3 is 0 Å². The number of benzene rings is 1. The summed E-state index contributed by atoms with van der Waals surface area (Å²) in [6, 6.07) is 8.80. The first-order valence-corrected chi connectivity index (χ1v) is 8.36. The van der Waals surface area contributed by atoms with Crippen LogP contribution in [-0.2, 0) is 5.41 Å². The van der Waals surface area contributed by atoms with Gasteiger partial charge in [-0.3, -0.25) is 4.99 Å². The van der Waals surface area contributed by atoms with E-state index < -0.39 is 0 Å². The van der Waals surface area contributed by atoms with Crippen molar-refractivity contribution in [2.75, 3.05) is 19.6 Å². The van der Waals surface area contributed by atoms with Crippen LogP contribution in [0.15, 0.2) is 33.7 Å². The van der Waals surface area contributed by atoms with Crippen LogP contribution in [0.25, 0.3) is 0 Å². The standard InChI is InChI=1S/C16H22BrN3/c17-14-6-3-5-13(11-14)16(7-1-2-8-16)12-20-15-18-9-4-10-19-15/h3,5-6,11H,1-2,4,7-10,12H2,(H2,18,19,20). The van der Waals surface area contributed by atoms with Crippen molar-refractivity contribution in [3.05, 3.63) is 34.3 Å². The molecular weight excluding hydrogens is 314 g/mol. The summed E-state index contributed by atoms with van der Waals surface area (Å²) in [6.45, 7) is 2.96. The highest BCUT2D eigenvalue weighted by molar-refractivity contribution is 9.10. The van der Waals surface area contributed by atoms with Gasteiger partial charge in [-0.25, -0.2) is 0 Å². The normalized spacial score (nSPS) is 21.1. The third kappa shape index (κ3) is 3.00. The van der Waals surface area contributed by atoms with Crippen LogP contribution < -0.4 is 10.6 Å². The number of hydrogen-bond donors (Lipinski definition) is 2. The van der Waals surface area contributed by atoms with E-state index in [1.54, 1.807) is 0 Å². The molecule has 1 saturated carbocycles. The van der Waals surface area contributed by atoms with Crippen LogP contribution >= 0.6 is 15.9 Å². The molecule has 0 atom stereocenters. The summed E-state index contributed by atoms with van der Waals surface area (Å²) in [6.07, 6.45) is 6.33. The minimum absolute atomic E-state index is 0.269. The van der Waals surface area contributed by atoms with Crippen molar-refractivity contribution in [3.8, 4) is 0 Å². The lowest BCUT2D eigenvalue weighted by atomic mass is 9.79. The lowest BCUT2D eigenvalue weighted by molar-refractivity contribution is 0.430.